The Hall–Kier alpha value is -3.36. The van der Waals surface area contributed by atoms with Crippen molar-refractivity contribution in [2.24, 2.45) is 12.8 Å². The summed E-state index contributed by atoms with van der Waals surface area (Å²) in [7, 11) is 1.83. The first-order chi connectivity index (χ1) is 13.6. The van der Waals surface area contributed by atoms with Gasteiger partial charge in [-0.2, -0.15) is 15.1 Å². The minimum atomic E-state index is 0.342. The van der Waals surface area contributed by atoms with E-state index >= 15 is 0 Å². The Labute approximate surface area is 166 Å². The van der Waals surface area contributed by atoms with Gasteiger partial charge in [-0.3, -0.25) is 4.68 Å². The topological polar surface area (TPSA) is 107 Å². The largest absolute Gasteiger partial charge is 0.438 e. The number of H-pyrrole nitrogens is 1. The van der Waals surface area contributed by atoms with Crippen LogP contribution >= 0.6 is 11.6 Å². The smallest absolute Gasteiger partial charge is 0.235 e. The number of nitrogens with one attached hydrogen (secondary N) is 2. The summed E-state index contributed by atoms with van der Waals surface area (Å²) < 4.78 is 7.73. The van der Waals surface area contributed by atoms with E-state index in [1.165, 1.54) is 0 Å². The van der Waals surface area contributed by atoms with Gasteiger partial charge in [0.1, 0.15) is 16.8 Å². The molecular formula is C19H18ClN7O. The van der Waals surface area contributed by atoms with E-state index in [1.54, 1.807) is 10.9 Å². The van der Waals surface area contributed by atoms with Gasteiger partial charge in [-0.05, 0) is 17.7 Å². The quantitative estimate of drug-likeness (QED) is 0.457. The third kappa shape index (κ3) is 3.83. The summed E-state index contributed by atoms with van der Waals surface area (Å²) in [5.74, 6) is 1.94. The van der Waals surface area contributed by atoms with Crippen LogP contribution in [0.2, 0.25) is 5.02 Å². The van der Waals surface area contributed by atoms with Crippen molar-refractivity contribution in [2.75, 3.05) is 11.9 Å². The van der Waals surface area contributed by atoms with Gasteiger partial charge in [0.2, 0.25) is 11.8 Å². The maximum atomic E-state index is 6.31. The molecule has 0 radical (unpaired) electrons. The molecule has 0 aliphatic rings. The summed E-state index contributed by atoms with van der Waals surface area (Å²) in [4.78, 5) is 12.0. The third-order valence-electron chi connectivity index (χ3n) is 3.92. The van der Waals surface area contributed by atoms with Crippen LogP contribution in [0, 0.1) is 0 Å². The highest BCUT2D eigenvalue weighted by atomic mass is 35.5. The maximum absolute atomic E-state index is 6.31. The van der Waals surface area contributed by atoms with E-state index in [2.05, 4.69) is 25.4 Å². The second-order valence-corrected chi connectivity index (χ2v) is 6.43. The lowest BCUT2D eigenvalue weighted by atomic mass is 10.2. The van der Waals surface area contributed by atoms with Crippen molar-refractivity contribution in [1.82, 2.24) is 24.7 Å². The zero-order valence-corrected chi connectivity index (χ0v) is 15.8. The fraction of sp³-hybridized carbons (Fsp3) is 0.105. The molecule has 4 rings (SSSR count). The number of aromatic nitrogens is 5. The lowest BCUT2D eigenvalue weighted by Gasteiger charge is -2.09. The molecule has 3 heterocycles. The zero-order chi connectivity index (χ0) is 19.5. The number of ether oxygens (including phenoxy) is 1. The molecule has 0 fully saturated rings. The van der Waals surface area contributed by atoms with Crippen LogP contribution in [-0.4, -0.2) is 31.3 Å². The van der Waals surface area contributed by atoms with Gasteiger partial charge in [0.15, 0.2) is 5.82 Å². The lowest BCUT2D eigenvalue weighted by Crippen LogP contribution is -2.01. The average molecular weight is 396 g/mol. The zero-order valence-electron chi connectivity index (χ0n) is 15.1. The number of benzene rings is 1. The van der Waals surface area contributed by atoms with Crippen molar-refractivity contribution in [1.29, 1.82) is 0 Å². The highest BCUT2D eigenvalue weighted by Gasteiger charge is 2.15. The molecule has 4 aromatic rings. The average Bonchev–Trinajstić information content (AvgIpc) is 3.26. The van der Waals surface area contributed by atoms with Crippen LogP contribution in [-0.2, 0) is 7.05 Å². The predicted molar refractivity (Wildman–Crippen MR) is 110 cm³/mol. The van der Waals surface area contributed by atoms with Crippen LogP contribution < -0.4 is 15.8 Å². The van der Waals surface area contributed by atoms with E-state index in [1.807, 2.05) is 55.7 Å². The van der Waals surface area contributed by atoms with Gasteiger partial charge in [0.25, 0.3) is 0 Å². The van der Waals surface area contributed by atoms with Crippen LogP contribution in [0.5, 0.6) is 11.6 Å². The third-order valence-corrected chi connectivity index (χ3v) is 4.22. The fourth-order valence-electron chi connectivity index (χ4n) is 2.69. The van der Waals surface area contributed by atoms with Gasteiger partial charge in [-0.15, -0.1) is 0 Å². The van der Waals surface area contributed by atoms with Gasteiger partial charge in [0.05, 0.1) is 5.02 Å². The fourth-order valence-corrected chi connectivity index (χ4v) is 2.91. The number of anilines is 2. The van der Waals surface area contributed by atoms with Crippen LogP contribution in [0.15, 0.2) is 48.8 Å². The Morgan fingerprint density at radius 3 is 3.00 bits per heavy atom. The molecule has 0 unspecified atom stereocenters. The molecule has 1 aromatic carbocycles. The summed E-state index contributed by atoms with van der Waals surface area (Å²) >= 11 is 6.31. The molecule has 28 heavy (non-hydrogen) atoms. The van der Waals surface area contributed by atoms with E-state index in [9.17, 15) is 0 Å². The molecule has 0 spiro atoms. The van der Waals surface area contributed by atoms with Crippen molar-refractivity contribution < 1.29 is 4.74 Å². The number of aryl methyl sites for hydroxylation is 1. The molecule has 0 amide bonds. The number of fused-ring (bicyclic) bond motifs is 1. The summed E-state index contributed by atoms with van der Waals surface area (Å²) in [6.45, 7) is 0.471. The van der Waals surface area contributed by atoms with Crippen LogP contribution in [0.1, 0.15) is 5.56 Å². The van der Waals surface area contributed by atoms with Gasteiger partial charge in [-0.25, -0.2) is 0 Å². The van der Waals surface area contributed by atoms with Crippen molar-refractivity contribution in [2.45, 2.75) is 0 Å². The normalized spacial score (nSPS) is 11.4. The molecule has 0 saturated carbocycles. The second kappa shape index (κ2) is 7.71. The first-order valence-electron chi connectivity index (χ1n) is 8.58. The van der Waals surface area contributed by atoms with Crippen molar-refractivity contribution in [3.05, 3.63) is 59.4 Å². The maximum Gasteiger partial charge on any atom is 0.235 e. The van der Waals surface area contributed by atoms with Gasteiger partial charge >= 0.3 is 0 Å². The minimum absolute atomic E-state index is 0.342. The summed E-state index contributed by atoms with van der Waals surface area (Å²) in [6, 6.07) is 9.43. The predicted octanol–water partition coefficient (Wildman–Crippen LogP) is 3.85. The van der Waals surface area contributed by atoms with Gasteiger partial charge in [-0.1, -0.05) is 35.9 Å². The SMILES string of the molecule is Cn1ccc(Nc2nc(Oc3cccc(C=CCN)c3)c3c(Cl)c[nH]c3n2)n1. The molecule has 142 valence electrons. The standard InChI is InChI=1S/C19H18ClN7O/c1-27-9-7-15(26-27)23-19-24-17-16(14(20)11-22-17)18(25-19)28-13-6-2-4-12(10-13)5-3-8-21/h2-7,9-11H,8,21H2,1H3,(H2,22,23,24,25,26). The van der Waals surface area contributed by atoms with Crippen LogP contribution in [0.3, 0.4) is 0 Å². The highest BCUT2D eigenvalue weighted by Crippen LogP contribution is 2.34. The first-order valence-corrected chi connectivity index (χ1v) is 8.96. The minimum Gasteiger partial charge on any atom is -0.438 e. The molecule has 0 atom stereocenters. The van der Waals surface area contributed by atoms with Gasteiger partial charge < -0.3 is 20.8 Å². The Bertz CT molecular complexity index is 1150. The van der Waals surface area contributed by atoms with Crippen molar-refractivity contribution >= 4 is 40.5 Å². The second-order valence-electron chi connectivity index (χ2n) is 6.02. The van der Waals surface area contributed by atoms with Crippen molar-refractivity contribution in [3.8, 4) is 11.6 Å². The van der Waals surface area contributed by atoms with E-state index in [0.29, 0.717) is 46.0 Å². The number of nitrogens with two attached hydrogens (primary N) is 1. The Morgan fingerprint density at radius 1 is 1.32 bits per heavy atom. The Morgan fingerprint density at radius 2 is 2.21 bits per heavy atom. The molecule has 4 N–H and O–H groups in total. The summed E-state index contributed by atoms with van der Waals surface area (Å²) in [6.07, 6.45) is 7.28. The van der Waals surface area contributed by atoms with Crippen LogP contribution in [0.4, 0.5) is 11.8 Å². The van der Waals surface area contributed by atoms with Gasteiger partial charge in [0, 0.05) is 32.1 Å². The van der Waals surface area contributed by atoms with E-state index in [0.717, 1.165) is 5.56 Å². The molecule has 0 saturated heterocycles. The molecular weight excluding hydrogens is 378 g/mol. The lowest BCUT2D eigenvalue weighted by molar-refractivity contribution is 0.469. The van der Waals surface area contributed by atoms with Crippen LogP contribution in [0.25, 0.3) is 17.1 Å². The van der Waals surface area contributed by atoms with E-state index in [-0.39, 0.29) is 0 Å². The number of hydrogen-bond acceptors (Lipinski definition) is 6. The van der Waals surface area contributed by atoms with E-state index < -0.39 is 0 Å². The Kier molecular flexibility index (Phi) is 4.96. The monoisotopic (exact) mass is 395 g/mol. The molecule has 0 aliphatic heterocycles. The first kappa shape index (κ1) is 18.0. The highest BCUT2D eigenvalue weighted by molar-refractivity contribution is 6.35. The van der Waals surface area contributed by atoms with Crippen molar-refractivity contribution in [3.63, 3.8) is 0 Å². The molecule has 8 nitrogen and oxygen atoms in total. The molecule has 0 aliphatic carbocycles. The summed E-state index contributed by atoms with van der Waals surface area (Å²) in [5.41, 5.74) is 7.05. The summed E-state index contributed by atoms with van der Waals surface area (Å²) in [5, 5.41) is 8.43. The number of aromatic amines is 1. The van der Waals surface area contributed by atoms with E-state index in [4.69, 9.17) is 22.1 Å². The molecule has 3 aromatic heterocycles. The number of nitrogens with zero attached hydrogens (tertiary/aromatic N) is 4. The number of rotatable bonds is 6. The molecule has 9 heteroatoms. The number of hydrogen-bond donors (Lipinski definition) is 3. The Balaban J connectivity index is 1.70. The number of halogens is 1. The molecule has 0 bridgehead atoms.